The van der Waals surface area contributed by atoms with E-state index >= 15 is 0 Å². The van der Waals surface area contributed by atoms with E-state index in [2.05, 4.69) is 50.5 Å². The van der Waals surface area contributed by atoms with Gasteiger partial charge in [-0.25, -0.2) is 9.38 Å². The lowest BCUT2D eigenvalue weighted by atomic mass is 10.1. The standard InChI is InChI=1S/C19H27BrFN5.HI/c1-6-22-19(23-11-15-7-8-17(20)18(21)10-15)24-12(2)9-16-13(3)25-26(5)14(16)4;/h7-8,10,12H,6,9,11H2,1-5H3,(H2,22,23,24);1H. The van der Waals surface area contributed by atoms with E-state index in [1.54, 1.807) is 6.07 Å². The van der Waals surface area contributed by atoms with Gasteiger partial charge in [-0.3, -0.25) is 4.68 Å². The molecular formula is C19H28BrFIN5. The van der Waals surface area contributed by atoms with Crippen molar-refractivity contribution in [3.8, 4) is 0 Å². The molecule has 5 nitrogen and oxygen atoms in total. The smallest absolute Gasteiger partial charge is 0.191 e. The number of hydrogen-bond donors (Lipinski definition) is 2. The van der Waals surface area contributed by atoms with E-state index in [0.717, 1.165) is 30.2 Å². The van der Waals surface area contributed by atoms with E-state index in [4.69, 9.17) is 0 Å². The van der Waals surface area contributed by atoms with Gasteiger partial charge in [-0.1, -0.05) is 6.07 Å². The molecule has 2 N–H and O–H groups in total. The molecule has 150 valence electrons. The molecular weight excluding hydrogens is 524 g/mol. The lowest BCUT2D eigenvalue weighted by molar-refractivity contribution is 0.618. The molecule has 1 aromatic carbocycles. The molecule has 0 spiro atoms. The van der Waals surface area contributed by atoms with Crippen LogP contribution in [0, 0.1) is 19.7 Å². The fraction of sp³-hybridized carbons (Fsp3) is 0.474. The summed E-state index contributed by atoms with van der Waals surface area (Å²) in [7, 11) is 1.97. The van der Waals surface area contributed by atoms with Crippen LogP contribution in [-0.2, 0) is 20.0 Å². The summed E-state index contributed by atoms with van der Waals surface area (Å²) in [6.45, 7) is 9.45. The maximum atomic E-state index is 13.6. The van der Waals surface area contributed by atoms with Gasteiger partial charge in [0.15, 0.2) is 5.96 Å². The van der Waals surface area contributed by atoms with Gasteiger partial charge in [0.05, 0.1) is 16.7 Å². The molecule has 0 aliphatic heterocycles. The zero-order valence-corrected chi connectivity index (χ0v) is 20.4. The molecule has 0 fully saturated rings. The highest BCUT2D eigenvalue weighted by Gasteiger charge is 2.14. The van der Waals surface area contributed by atoms with E-state index < -0.39 is 0 Å². The molecule has 0 radical (unpaired) electrons. The summed E-state index contributed by atoms with van der Waals surface area (Å²) in [6.07, 6.45) is 0.864. The van der Waals surface area contributed by atoms with Crippen LogP contribution < -0.4 is 10.6 Å². The molecule has 0 saturated heterocycles. The monoisotopic (exact) mass is 551 g/mol. The Morgan fingerprint density at radius 3 is 2.63 bits per heavy atom. The molecule has 1 heterocycles. The maximum absolute atomic E-state index is 13.6. The van der Waals surface area contributed by atoms with Crippen LogP contribution >= 0.6 is 39.9 Å². The summed E-state index contributed by atoms with van der Waals surface area (Å²) in [5, 5.41) is 11.1. The molecule has 0 saturated carbocycles. The van der Waals surface area contributed by atoms with E-state index in [1.165, 1.54) is 17.3 Å². The Balaban J connectivity index is 0.00000364. The van der Waals surface area contributed by atoms with Gasteiger partial charge in [-0.15, -0.1) is 24.0 Å². The van der Waals surface area contributed by atoms with Crippen LogP contribution in [0.2, 0.25) is 0 Å². The van der Waals surface area contributed by atoms with Crippen LogP contribution in [0.25, 0.3) is 0 Å². The van der Waals surface area contributed by atoms with Crippen molar-refractivity contribution < 1.29 is 4.39 Å². The lowest BCUT2D eigenvalue weighted by Crippen LogP contribution is -2.43. The minimum absolute atomic E-state index is 0. The lowest BCUT2D eigenvalue weighted by Gasteiger charge is -2.18. The number of rotatable bonds is 6. The number of guanidine groups is 1. The van der Waals surface area contributed by atoms with Crippen LogP contribution in [0.4, 0.5) is 4.39 Å². The number of nitrogens with one attached hydrogen (secondary N) is 2. The van der Waals surface area contributed by atoms with Gasteiger partial charge in [0, 0.05) is 25.3 Å². The number of halogens is 3. The Morgan fingerprint density at radius 1 is 1.37 bits per heavy atom. The van der Waals surface area contributed by atoms with Crippen molar-refractivity contribution in [1.82, 2.24) is 20.4 Å². The van der Waals surface area contributed by atoms with E-state index in [9.17, 15) is 4.39 Å². The number of nitrogens with zero attached hydrogens (tertiary/aromatic N) is 3. The third-order valence-electron chi connectivity index (χ3n) is 4.30. The van der Waals surface area contributed by atoms with Crippen molar-refractivity contribution >= 4 is 45.9 Å². The molecule has 0 amide bonds. The number of aryl methyl sites for hydroxylation is 2. The fourth-order valence-electron chi connectivity index (χ4n) is 2.83. The Hall–Kier alpha value is -1.16. The molecule has 0 aliphatic carbocycles. The summed E-state index contributed by atoms with van der Waals surface area (Å²) in [5.41, 5.74) is 4.34. The average Bonchev–Trinajstić information content (AvgIpc) is 2.82. The molecule has 8 heteroatoms. The molecule has 2 rings (SSSR count). The third kappa shape index (κ3) is 6.74. The second-order valence-corrected chi connectivity index (χ2v) is 7.32. The van der Waals surface area contributed by atoms with Crippen LogP contribution in [0.15, 0.2) is 27.7 Å². The molecule has 0 aliphatic rings. The summed E-state index contributed by atoms with van der Waals surface area (Å²) < 4.78 is 16.0. The average molecular weight is 552 g/mol. The van der Waals surface area contributed by atoms with Crippen molar-refractivity contribution in [3.05, 3.63) is 51.0 Å². The van der Waals surface area contributed by atoms with Gasteiger partial charge in [-0.05, 0) is 73.3 Å². The number of aliphatic imine (C=N–C) groups is 1. The van der Waals surface area contributed by atoms with Crippen LogP contribution in [0.1, 0.15) is 36.4 Å². The van der Waals surface area contributed by atoms with Crippen LogP contribution in [-0.4, -0.2) is 28.3 Å². The number of hydrogen-bond acceptors (Lipinski definition) is 2. The van der Waals surface area contributed by atoms with Crippen LogP contribution in [0.3, 0.4) is 0 Å². The van der Waals surface area contributed by atoms with Crippen LogP contribution in [0.5, 0.6) is 0 Å². The normalized spacial score (nSPS) is 12.5. The minimum atomic E-state index is -0.272. The Bertz CT molecular complexity index is 791. The second-order valence-electron chi connectivity index (χ2n) is 6.47. The van der Waals surface area contributed by atoms with Gasteiger partial charge >= 0.3 is 0 Å². The molecule has 1 aromatic heterocycles. The minimum Gasteiger partial charge on any atom is -0.357 e. The molecule has 0 bridgehead atoms. The molecule has 1 unspecified atom stereocenters. The number of aromatic nitrogens is 2. The first-order chi connectivity index (χ1) is 12.3. The zero-order chi connectivity index (χ0) is 19.3. The van der Waals surface area contributed by atoms with Crippen molar-refractivity contribution in [2.75, 3.05) is 6.54 Å². The maximum Gasteiger partial charge on any atom is 0.191 e. The SMILES string of the molecule is CCNC(=NCc1ccc(Br)c(F)c1)NC(C)Cc1c(C)nn(C)c1C.I. The molecule has 1 atom stereocenters. The zero-order valence-electron chi connectivity index (χ0n) is 16.4. The van der Waals surface area contributed by atoms with Crippen molar-refractivity contribution in [3.63, 3.8) is 0 Å². The van der Waals surface area contributed by atoms with Gasteiger partial charge in [-0.2, -0.15) is 5.10 Å². The third-order valence-corrected chi connectivity index (χ3v) is 4.94. The second kappa shape index (κ2) is 11.0. The first kappa shape index (κ1) is 23.9. The van der Waals surface area contributed by atoms with E-state index in [1.807, 2.05) is 31.6 Å². The summed E-state index contributed by atoms with van der Waals surface area (Å²) in [4.78, 5) is 4.58. The largest absolute Gasteiger partial charge is 0.357 e. The van der Waals surface area contributed by atoms with E-state index in [-0.39, 0.29) is 35.8 Å². The fourth-order valence-corrected chi connectivity index (χ4v) is 3.08. The van der Waals surface area contributed by atoms with Gasteiger partial charge < -0.3 is 10.6 Å². The molecule has 27 heavy (non-hydrogen) atoms. The first-order valence-electron chi connectivity index (χ1n) is 8.79. The van der Waals surface area contributed by atoms with Crippen molar-refractivity contribution in [2.45, 2.75) is 46.7 Å². The topological polar surface area (TPSA) is 54.2 Å². The highest BCUT2D eigenvalue weighted by Crippen LogP contribution is 2.17. The van der Waals surface area contributed by atoms with E-state index in [0.29, 0.717) is 11.0 Å². The predicted molar refractivity (Wildman–Crippen MR) is 123 cm³/mol. The summed E-state index contributed by atoms with van der Waals surface area (Å²) >= 11 is 3.17. The predicted octanol–water partition coefficient (Wildman–Crippen LogP) is 4.24. The Kier molecular flexibility index (Phi) is 9.72. The highest BCUT2D eigenvalue weighted by molar-refractivity contribution is 14.0. The summed E-state index contributed by atoms with van der Waals surface area (Å²) in [5.74, 6) is 0.453. The Morgan fingerprint density at radius 2 is 2.07 bits per heavy atom. The summed E-state index contributed by atoms with van der Waals surface area (Å²) in [6, 6.07) is 5.27. The quantitative estimate of drug-likeness (QED) is 0.321. The van der Waals surface area contributed by atoms with Gasteiger partial charge in [0.2, 0.25) is 0 Å². The molecule has 2 aromatic rings. The van der Waals surface area contributed by atoms with Gasteiger partial charge in [0.25, 0.3) is 0 Å². The van der Waals surface area contributed by atoms with Crippen molar-refractivity contribution in [2.24, 2.45) is 12.0 Å². The Labute approximate surface area is 186 Å². The number of benzene rings is 1. The first-order valence-corrected chi connectivity index (χ1v) is 9.59. The highest BCUT2D eigenvalue weighted by atomic mass is 127. The van der Waals surface area contributed by atoms with Crippen molar-refractivity contribution in [1.29, 1.82) is 0 Å². The van der Waals surface area contributed by atoms with Gasteiger partial charge in [0.1, 0.15) is 5.82 Å².